The van der Waals surface area contributed by atoms with Crippen molar-refractivity contribution >= 4 is 5.78 Å². The fraction of sp³-hybridized carbons (Fsp3) is 0.562. The summed E-state index contributed by atoms with van der Waals surface area (Å²) in [6.45, 7) is 0.711. The third-order valence-electron chi connectivity index (χ3n) is 4.46. The normalized spacial score (nSPS) is 23.9. The molecule has 1 aromatic rings. The Hall–Kier alpha value is -1.35. The molecule has 3 nitrogen and oxygen atoms in total. The molecule has 3 rings (SSSR count). The molecule has 1 unspecified atom stereocenters. The zero-order chi connectivity index (χ0) is 13.3. The van der Waals surface area contributed by atoms with Crippen LogP contribution in [0.1, 0.15) is 50.0 Å². The van der Waals surface area contributed by atoms with Gasteiger partial charge in [0.25, 0.3) is 0 Å². The molecule has 0 spiro atoms. The quantitative estimate of drug-likeness (QED) is 0.904. The van der Waals surface area contributed by atoms with Crippen molar-refractivity contribution in [2.24, 2.45) is 5.73 Å². The lowest BCUT2D eigenvalue weighted by molar-refractivity contribution is -0.121. The first-order valence-electron chi connectivity index (χ1n) is 7.19. The summed E-state index contributed by atoms with van der Waals surface area (Å²) in [7, 11) is 0. The lowest BCUT2D eigenvalue weighted by atomic mass is 9.73. The number of ketones is 1. The summed E-state index contributed by atoms with van der Waals surface area (Å²) in [6.07, 6.45) is 5.27. The van der Waals surface area contributed by atoms with E-state index in [1.807, 2.05) is 18.2 Å². The average Bonchev–Trinajstić information content (AvgIpc) is 2.37. The number of para-hydroxylation sites is 1. The van der Waals surface area contributed by atoms with Crippen LogP contribution in [0.2, 0.25) is 0 Å². The zero-order valence-corrected chi connectivity index (χ0v) is 11.2. The molecule has 1 fully saturated rings. The van der Waals surface area contributed by atoms with Gasteiger partial charge in [-0.1, -0.05) is 18.2 Å². The predicted molar refractivity (Wildman–Crippen MR) is 74.3 cm³/mol. The monoisotopic (exact) mass is 259 g/mol. The molecular formula is C16H21NO2. The van der Waals surface area contributed by atoms with Gasteiger partial charge in [-0.25, -0.2) is 0 Å². The molecule has 19 heavy (non-hydrogen) atoms. The number of fused-ring (bicyclic) bond motifs is 1. The Labute approximate surface area is 114 Å². The standard InChI is InChI=1S/C16H21NO2/c17-16(7-3-8-16)11-13(18)10-12-6-9-19-15-5-2-1-4-14(12)15/h1-2,4-5,12H,3,6-11,17H2. The highest BCUT2D eigenvalue weighted by molar-refractivity contribution is 5.80. The summed E-state index contributed by atoms with van der Waals surface area (Å²) >= 11 is 0. The van der Waals surface area contributed by atoms with Crippen LogP contribution in [-0.2, 0) is 4.79 Å². The first kappa shape index (κ1) is 12.7. The molecule has 3 heteroatoms. The van der Waals surface area contributed by atoms with Crippen LogP contribution in [0.15, 0.2) is 24.3 Å². The number of benzene rings is 1. The van der Waals surface area contributed by atoms with Gasteiger partial charge in [0, 0.05) is 18.4 Å². The smallest absolute Gasteiger partial charge is 0.135 e. The predicted octanol–water partition coefficient (Wildman–Crippen LogP) is 2.78. The number of hydrogen-bond acceptors (Lipinski definition) is 3. The van der Waals surface area contributed by atoms with E-state index in [4.69, 9.17) is 10.5 Å². The lowest BCUT2D eigenvalue weighted by Crippen LogP contribution is -2.48. The third-order valence-corrected chi connectivity index (χ3v) is 4.46. The molecule has 1 aliphatic carbocycles. The van der Waals surface area contributed by atoms with Crippen molar-refractivity contribution in [3.63, 3.8) is 0 Å². The molecule has 1 aliphatic heterocycles. The van der Waals surface area contributed by atoms with Crippen molar-refractivity contribution < 1.29 is 9.53 Å². The maximum absolute atomic E-state index is 12.2. The summed E-state index contributed by atoms with van der Waals surface area (Å²) in [5.41, 5.74) is 7.15. The largest absolute Gasteiger partial charge is 0.493 e. The first-order valence-corrected chi connectivity index (χ1v) is 7.19. The molecule has 0 bridgehead atoms. The van der Waals surface area contributed by atoms with Crippen LogP contribution in [0.5, 0.6) is 5.75 Å². The molecule has 1 aromatic carbocycles. The van der Waals surface area contributed by atoms with E-state index in [0.29, 0.717) is 31.1 Å². The van der Waals surface area contributed by atoms with Crippen LogP contribution in [0.4, 0.5) is 0 Å². The van der Waals surface area contributed by atoms with Gasteiger partial charge in [-0.3, -0.25) is 4.79 Å². The lowest BCUT2D eigenvalue weighted by Gasteiger charge is -2.38. The number of rotatable bonds is 4. The average molecular weight is 259 g/mol. The second kappa shape index (κ2) is 4.97. The van der Waals surface area contributed by atoms with E-state index in [-0.39, 0.29) is 5.54 Å². The fourth-order valence-electron chi connectivity index (χ4n) is 3.18. The Balaban J connectivity index is 1.66. The van der Waals surface area contributed by atoms with Crippen molar-refractivity contribution in [1.29, 1.82) is 0 Å². The summed E-state index contributed by atoms with van der Waals surface area (Å²) in [6, 6.07) is 8.06. The topological polar surface area (TPSA) is 52.3 Å². The summed E-state index contributed by atoms with van der Waals surface area (Å²) < 4.78 is 5.63. The van der Waals surface area contributed by atoms with Crippen molar-refractivity contribution in [2.45, 2.75) is 50.0 Å². The highest BCUT2D eigenvalue weighted by Crippen LogP contribution is 2.38. The SMILES string of the molecule is NC1(CC(=O)CC2CCOc3ccccc32)CCC1. The minimum absolute atomic E-state index is 0.193. The summed E-state index contributed by atoms with van der Waals surface area (Å²) in [5.74, 6) is 1.56. The van der Waals surface area contributed by atoms with Crippen LogP contribution in [0.25, 0.3) is 0 Å². The number of carbonyl (C=O) groups excluding carboxylic acids is 1. The molecule has 2 aliphatic rings. The van der Waals surface area contributed by atoms with Gasteiger partial charge in [0.15, 0.2) is 0 Å². The number of ether oxygens (including phenoxy) is 1. The van der Waals surface area contributed by atoms with E-state index in [9.17, 15) is 4.79 Å². The third kappa shape index (κ3) is 2.66. The maximum Gasteiger partial charge on any atom is 0.135 e. The van der Waals surface area contributed by atoms with Crippen molar-refractivity contribution in [2.75, 3.05) is 6.61 Å². The van der Waals surface area contributed by atoms with Crippen LogP contribution in [0.3, 0.4) is 0 Å². The highest BCUT2D eigenvalue weighted by Gasteiger charge is 2.35. The van der Waals surface area contributed by atoms with E-state index in [0.717, 1.165) is 25.0 Å². The summed E-state index contributed by atoms with van der Waals surface area (Å²) in [4.78, 5) is 12.2. The van der Waals surface area contributed by atoms with E-state index < -0.39 is 0 Å². The second-order valence-electron chi connectivity index (χ2n) is 6.01. The van der Waals surface area contributed by atoms with Crippen molar-refractivity contribution in [3.8, 4) is 5.75 Å². The second-order valence-corrected chi connectivity index (χ2v) is 6.01. The number of nitrogens with two attached hydrogens (primary N) is 1. The molecule has 1 saturated carbocycles. The number of carbonyl (C=O) groups is 1. The van der Waals surface area contributed by atoms with E-state index in [2.05, 4.69) is 6.07 Å². The Morgan fingerprint density at radius 2 is 2.16 bits per heavy atom. The van der Waals surface area contributed by atoms with E-state index in [1.54, 1.807) is 0 Å². The van der Waals surface area contributed by atoms with Crippen LogP contribution < -0.4 is 10.5 Å². The molecule has 2 N–H and O–H groups in total. The highest BCUT2D eigenvalue weighted by atomic mass is 16.5. The first-order chi connectivity index (χ1) is 9.16. The minimum Gasteiger partial charge on any atom is -0.493 e. The van der Waals surface area contributed by atoms with Crippen molar-refractivity contribution in [3.05, 3.63) is 29.8 Å². The molecule has 0 saturated heterocycles. The van der Waals surface area contributed by atoms with Gasteiger partial charge in [-0.2, -0.15) is 0 Å². The molecule has 102 valence electrons. The van der Waals surface area contributed by atoms with E-state index in [1.165, 1.54) is 12.0 Å². The van der Waals surface area contributed by atoms with Gasteiger partial charge < -0.3 is 10.5 Å². The Morgan fingerprint density at radius 3 is 2.89 bits per heavy atom. The van der Waals surface area contributed by atoms with Gasteiger partial charge in [-0.05, 0) is 43.2 Å². The molecular weight excluding hydrogens is 238 g/mol. The maximum atomic E-state index is 12.2. The minimum atomic E-state index is -0.193. The van der Waals surface area contributed by atoms with Gasteiger partial charge >= 0.3 is 0 Å². The van der Waals surface area contributed by atoms with Gasteiger partial charge in [0.05, 0.1) is 6.61 Å². The van der Waals surface area contributed by atoms with E-state index >= 15 is 0 Å². The molecule has 0 amide bonds. The molecule has 1 atom stereocenters. The fourth-order valence-corrected chi connectivity index (χ4v) is 3.18. The van der Waals surface area contributed by atoms with Crippen LogP contribution >= 0.6 is 0 Å². The van der Waals surface area contributed by atoms with Gasteiger partial charge in [0.2, 0.25) is 0 Å². The summed E-state index contributed by atoms with van der Waals surface area (Å²) in [5, 5.41) is 0. The molecule has 0 aromatic heterocycles. The Morgan fingerprint density at radius 1 is 1.37 bits per heavy atom. The van der Waals surface area contributed by atoms with Crippen LogP contribution in [0, 0.1) is 0 Å². The van der Waals surface area contributed by atoms with Gasteiger partial charge in [0.1, 0.15) is 11.5 Å². The number of hydrogen-bond donors (Lipinski definition) is 1. The van der Waals surface area contributed by atoms with Gasteiger partial charge in [-0.15, -0.1) is 0 Å². The Bertz CT molecular complexity index is 479. The number of Topliss-reactive ketones (excluding diaryl/α,β-unsaturated/α-hetero) is 1. The van der Waals surface area contributed by atoms with Crippen LogP contribution in [-0.4, -0.2) is 17.9 Å². The van der Waals surface area contributed by atoms with Crippen molar-refractivity contribution in [1.82, 2.24) is 0 Å². The Kier molecular flexibility index (Phi) is 3.31. The zero-order valence-electron chi connectivity index (χ0n) is 11.2. The molecule has 1 heterocycles. The molecule has 0 radical (unpaired) electrons.